The van der Waals surface area contributed by atoms with Gasteiger partial charge in [0.05, 0.1) is 22.7 Å². The predicted molar refractivity (Wildman–Crippen MR) is 117 cm³/mol. The molecule has 0 atom stereocenters. The number of halogens is 3. The molecule has 0 aliphatic carbocycles. The van der Waals surface area contributed by atoms with Gasteiger partial charge in [-0.25, -0.2) is 27.2 Å². The molecule has 0 aliphatic rings. The summed E-state index contributed by atoms with van der Waals surface area (Å²) in [7, 11) is -2.55. The van der Waals surface area contributed by atoms with Gasteiger partial charge in [-0.2, -0.15) is 0 Å². The van der Waals surface area contributed by atoms with Crippen molar-refractivity contribution < 1.29 is 21.9 Å². The maximum Gasteiger partial charge on any atom is 0.265 e. The Morgan fingerprint density at radius 3 is 2.56 bits per heavy atom. The summed E-state index contributed by atoms with van der Waals surface area (Å²) < 4.78 is 59.6. The summed E-state index contributed by atoms with van der Waals surface area (Å²) in [5, 5.41) is 1.03. The molecule has 11 heteroatoms. The zero-order valence-corrected chi connectivity index (χ0v) is 18.0. The monoisotopic (exact) mass is 476 g/mol. The van der Waals surface area contributed by atoms with Crippen LogP contribution in [-0.4, -0.2) is 30.5 Å². The molecule has 0 unspecified atom stereocenters. The van der Waals surface area contributed by atoms with Crippen molar-refractivity contribution in [2.45, 2.75) is 11.3 Å². The summed E-state index contributed by atoms with van der Waals surface area (Å²) in [6.07, 6.45) is 1.37. The van der Waals surface area contributed by atoms with E-state index in [2.05, 4.69) is 19.7 Å². The van der Waals surface area contributed by atoms with Crippen molar-refractivity contribution in [2.24, 2.45) is 0 Å². The first-order valence-corrected chi connectivity index (χ1v) is 11.0. The summed E-state index contributed by atoms with van der Waals surface area (Å²) in [4.78, 5) is 12.0. The zero-order chi connectivity index (χ0) is 22.9. The van der Waals surface area contributed by atoms with Gasteiger partial charge in [-0.15, -0.1) is 0 Å². The summed E-state index contributed by atoms with van der Waals surface area (Å²) in [5.74, 6) is 0.306. The average molecular weight is 477 g/mol. The molecule has 2 aromatic heterocycles. The normalized spacial score (nSPS) is 11.7. The van der Waals surface area contributed by atoms with Crippen LogP contribution in [0.5, 0.6) is 5.75 Å². The van der Waals surface area contributed by atoms with Crippen LogP contribution >= 0.6 is 11.6 Å². The number of methoxy groups -OCH3 is 1. The number of fused-ring (bicyclic) bond motifs is 1. The maximum atomic E-state index is 13.2. The van der Waals surface area contributed by atoms with Crippen molar-refractivity contribution in [1.29, 1.82) is 0 Å². The Morgan fingerprint density at radius 1 is 1.06 bits per heavy atom. The molecule has 2 aromatic carbocycles. The Kier molecular flexibility index (Phi) is 5.90. The van der Waals surface area contributed by atoms with E-state index >= 15 is 0 Å². The Labute approximate surface area is 187 Å². The summed E-state index contributed by atoms with van der Waals surface area (Å²) in [6, 6.07) is 10.1. The van der Waals surface area contributed by atoms with Crippen LogP contribution in [-0.2, 0) is 10.0 Å². The molecular weight excluding hydrogens is 462 g/mol. The molecule has 32 heavy (non-hydrogen) atoms. The van der Waals surface area contributed by atoms with Crippen LogP contribution in [0.2, 0.25) is 5.02 Å². The maximum absolute atomic E-state index is 13.2. The number of sulfonamides is 1. The van der Waals surface area contributed by atoms with E-state index in [1.165, 1.54) is 56.2 Å². The Balaban J connectivity index is 1.81. The first-order chi connectivity index (χ1) is 15.3. The number of ether oxygens (including phenoxy) is 1. The van der Waals surface area contributed by atoms with Crippen LogP contribution in [0.25, 0.3) is 22.0 Å². The van der Waals surface area contributed by atoms with Crippen LogP contribution < -0.4 is 9.46 Å². The van der Waals surface area contributed by atoms with Crippen LogP contribution in [0.4, 0.5) is 14.6 Å². The molecule has 0 radical (unpaired) electrons. The lowest BCUT2D eigenvalue weighted by molar-refractivity contribution is 0.151. The van der Waals surface area contributed by atoms with E-state index < -0.39 is 16.4 Å². The van der Waals surface area contributed by atoms with E-state index in [-0.39, 0.29) is 27.0 Å². The zero-order valence-electron chi connectivity index (χ0n) is 16.5. The van der Waals surface area contributed by atoms with E-state index in [1.807, 2.05) is 0 Å². The fourth-order valence-corrected chi connectivity index (χ4v) is 4.47. The highest BCUT2D eigenvalue weighted by Crippen LogP contribution is 2.40. The van der Waals surface area contributed by atoms with Gasteiger partial charge < -0.3 is 4.74 Å². The fourth-order valence-electron chi connectivity index (χ4n) is 3.18. The van der Waals surface area contributed by atoms with Crippen LogP contribution in [0, 0.1) is 0 Å². The van der Waals surface area contributed by atoms with Crippen LogP contribution in [0.15, 0.2) is 66.1 Å². The molecule has 2 heterocycles. The average Bonchev–Trinajstić information content (AvgIpc) is 2.78. The van der Waals surface area contributed by atoms with Gasteiger partial charge in [0.25, 0.3) is 16.4 Å². The largest absolute Gasteiger partial charge is 0.496 e. The van der Waals surface area contributed by atoms with Gasteiger partial charge in [-0.1, -0.05) is 17.7 Å². The van der Waals surface area contributed by atoms with E-state index in [0.29, 0.717) is 22.0 Å². The molecule has 7 nitrogen and oxygen atoms in total. The molecule has 0 saturated carbocycles. The number of hydrogen-bond acceptors (Lipinski definition) is 6. The molecule has 0 aliphatic heterocycles. The van der Waals surface area contributed by atoms with Crippen molar-refractivity contribution >= 4 is 38.2 Å². The van der Waals surface area contributed by atoms with Crippen molar-refractivity contribution in [3.8, 4) is 17.0 Å². The van der Waals surface area contributed by atoms with Gasteiger partial charge in [0.2, 0.25) is 0 Å². The number of aromatic nitrogens is 3. The van der Waals surface area contributed by atoms with Gasteiger partial charge in [0, 0.05) is 28.9 Å². The Morgan fingerprint density at radius 2 is 1.88 bits per heavy atom. The highest BCUT2D eigenvalue weighted by Gasteiger charge is 2.20. The number of alkyl halides is 2. The molecule has 1 N–H and O–H groups in total. The highest BCUT2D eigenvalue weighted by molar-refractivity contribution is 7.92. The van der Waals surface area contributed by atoms with E-state index in [9.17, 15) is 17.2 Å². The van der Waals surface area contributed by atoms with Crippen molar-refractivity contribution in [2.75, 3.05) is 11.8 Å². The molecule has 0 saturated heterocycles. The van der Waals surface area contributed by atoms with Crippen molar-refractivity contribution in [3.05, 3.63) is 71.8 Å². The lowest BCUT2D eigenvalue weighted by Crippen LogP contribution is -2.13. The molecule has 4 rings (SSSR count). The number of rotatable bonds is 6. The number of nitrogens with zero attached hydrogens (tertiary/aromatic N) is 3. The third-order valence-electron chi connectivity index (χ3n) is 4.68. The van der Waals surface area contributed by atoms with Crippen molar-refractivity contribution in [1.82, 2.24) is 15.0 Å². The smallest absolute Gasteiger partial charge is 0.265 e. The SMILES string of the molecule is COc1cc(C(F)F)c(Cl)cc1-c1nccc2cc(S(=O)(=O)Nc3ccncn3)ccc12. The van der Waals surface area contributed by atoms with Gasteiger partial charge >= 0.3 is 0 Å². The molecule has 0 bridgehead atoms. The van der Waals surface area contributed by atoms with Gasteiger partial charge in [0.1, 0.15) is 17.9 Å². The highest BCUT2D eigenvalue weighted by atomic mass is 35.5. The second kappa shape index (κ2) is 8.64. The minimum Gasteiger partial charge on any atom is -0.496 e. The molecular formula is C21H15ClF2N4O3S. The number of nitrogens with one attached hydrogen (secondary N) is 1. The van der Waals surface area contributed by atoms with Crippen molar-refractivity contribution in [3.63, 3.8) is 0 Å². The first kappa shape index (κ1) is 21.8. The molecule has 164 valence electrons. The molecule has 0 amide bonds. The summed E-state index contributed by atoms with van der Waals surface area (Å²) >= 11 is 6.06. The minimum atomic E-state index is -3.91. The van der Waals surface area contributed by atoms with E-state index in [4.69, 9.17) is 16.3 Å². The third kappa shape index (κ3) is 4.19. The second-order valence-electron chi connectivity index (χ2n) is 6.62. The molecule has 4 aromatic rings. The number of pyridine rings is 1. The number of anilines is 1. The summed E-state index contributed by atoms with van der Waals surface area (Å²) in [6.45, 7) is 0. The fraction of sp³-hybridized carbons (Fsp3) is 0.0952. The minimum absolute atomic E-state index is 0.0128. The summed E-state index contributed by atoms with van der Waals surface area (Å²) in [5.41, 5.74) is 0.466. The van der Waals surface area contributed by atoms with Crippen LogP contribution in [0.3, 0.4) is 0 Å². The van der Waals surface area contributed by atoms with Gasteiger partial charge in [-0.05, 0) is 41.8 Å². The Hall–Kier alpha value is -3.37. The standard InChI is InChI=1S/C21H15ClF2N4O3S/c1-31-18-10-15(21(23)24)17(22)9-16(18)20-14-3-2-13(8-12(14)4-7-26-20)32(29,30)28-19-5-6-25-11-27-19/h2-11,21H,1H3,(H,25,27,28). The second-order valence-corrected chi connectivity index (χ2v) is 8.71. The van der Waals surface area contributed by atoms with Gasteiger partial charge in [-0.3, -0.25) is 9.71 Å². The molecule has 0 spiro atoms. The number of benzene rings is 2. The third-order valence-corrected chi connectivity index (χ3v) is 6.36. The number of hydrogen-bond donors (Lipinski definition) is 1. The lowest BCUT2D eigenvalue weighted by atomic mass is 10.0. The first-order valence-electron chi connectivity index (χ1n) is 9.13. The van der Waals surface area contributed by atoms with Gasteiger partial charge in [0.15, 0.2) is 0 Å². The quantitative estimate of drug-likeness (QED) is 0.416. The van der Waals surface area contributed by atoms with Crippen LogP contribution in [0.1, 0.15) is 12.0 Å². The Bertz CT molecular complexity index is 1400. The topological polar surface area (TPSA) is 94.1 Å². The van der Waals surface area contributed by atoms with E-state index in [1.54, 1.807) is 12.1 Å². The molecule has 0 fully saturated rings. The lowest BCUT2D eigenvalue weighted by Gasteiger charge is -2.14. The predicted octanol–water partition coefficient (Wildman–Crippen LogP) is 5.09. The van der Waals surface area contributed by atoms with E-state index in [0.717, 1.165) is 0 Å².